The summed E-state index contributed by atoms with van der Waals surface area (Å²) in [6.45, 7) is 16.0. The van der Waals surface area contributed by atoms with E-state index in [1.807, 2.05) is 12.1 Å². The molecule has 3 aromatic rings. The summed E-state index contributed by atoms with van der Waals surface area (Å²) in [6.07, 6.45) is 1.66. The van der Waals surface area contributed by atoms with Crippen LogP contribution in [-0.4, -0.2) is 37.6 Å². The number of halogens is 1. The molecule has 1 heterocycles. The number of benzene rings is 2. The van der Waals surface area contributed by atoms with Gasteiger partial charge in [0, 0.05) is 23.7 Å². The molecule has 1 aromatic heterocycles. The van der Waals surface area contributed by atoms with Crippen LogP contribution >= 0.6 is 11.6 Å². The van der Waals surface area contributed by atoms with Gasteiger partial charge in [-0.3, -0.25) is 9.36 Å². The first-order chi connectivity index (χ1) is 15.9. The van der Waals surface area contributed by atoms with Gasteiger partial charge in [-0.2, -0.15) is 0 Å². The molecule has 3 rings (SSSR count). The van der Waals surface area contributed by atoms with Crippen LogP contribution in [0.25, 0.3) is 16.7 Å². The second-order valence-corrected chi connectivity index (χ2v) is 15.6. The summed E-state index contributed by atoms with van der Waals surface area (Å²) in [5, 5.41) is 0.750. The van der Waals surface area contributed by atoms with Crippen LogP contribution in [0.3, 0.4) is 0 Å². The highest BCUT2D eigenvalue weighted by molar-refractivity contribution is 6.74. The molecule has 0 N–H and O–H groups in total. The number of aryl methyl sites for hydroxylation is 1. The van der Waals surface area contributed by atoms with E-state index in [1.165, 1.54) is 12.7 Å². The number of aromatic nitrogens is 2. The molecule has 0 radical (unpaired) electrons. The van der Waals surface area contributed by atoms with Crippen LogP contribution in [0.5, 0.6) is 0 Å². The minimum Gasteiger partial charge on any atom is -0.469 e. The Morgan fingerprint density at radius 2 is 1.82 bits per heavy atom. The summed E-state index contributed by atoms with van der Waals surface area (Å²) in [4.78, 5) is 16.9. The van der Waals surface area contributed by atoms with Crippen LogP contribution in [0.2, 0.25) is 23.2 Å². The highest BCUT2D eigenvalue weighted by Gasteiger charge is 2.36. The first-order valence-corrected chi connectivity index (χ1v) is 15.2. The van der Waals surface area contributed by atoms with Crippen LogP contribution in [-0.2, 0) is 26.8 Å². The largest absolute Gasteiger partial charge is 0.469 e. The van der Waals surface area contributed by atoms with Crippen LogP contribution in [0, 0.1) is 0 Å². The first-order valence-electron chi connectivity index (χ1n) is 11.9. The van der Waals surface area contributed by atoms with Gasteiger partial charge in [-0.15, -0.1) is 0 Å². The van der Waals surface area contributed by atoms with Crippen molar-refractivity contribution in [1.82, 2.24) is 9.55 Å². The molecule has 1 atom stereocenters. The lowest BCUT2D eigenvalue weighted by Gasteiger charge is -2.36. The Hall–Kier alpha value is -2.15. The lowest BCUT2D eigenvalue weighted by Crippen LogP contribution is -2.41. The molecule has 0 amide bonds. The van der Waals surface area contributed by atoms with Crippen molar-refractivity contribution in [2.75, 3.05) is 13.7 Å². The minimum absolute atomic E-state index is 0.214. The van der Waals surface area contributed by atoms with E-state index in [4.69, 9.17) is 25.7 Å². The zero-order valence-electron chi connectivity index (χ0n) is 21.7. The minimum atomic E-state index is -1.74. The fourth-order valence-corrected chi connectivity index (χ4v) is 5.14. The van der Waals surface area contributed by atoms with Crippen LogP contribution < -0.4 is 0 Å². The van der Waals surface area contributed by atoms with Crippen molar-refractivity contribution in [1.29, 1.82) is 0 Å². The van der Waals surface area contributed by atoms with Crippen LogP contribution in [0.1, 0.15) is 57.5 Å². The van der Waals surface area contributed by atoms with Crippen LogP contribution in [0.4, 0.5) is 0 Å². The zero-order valence-corrected chi connectivity index (χ0v) is 23.4. The maximum absolute atomic E-state index is 12.0. The third-order valence-corrected chi connectivity index (χ3v) is 11.9. The monoisotopic (exact) mass is 500 g/mol. The SMILES string of the molecule is CCc1nc2cc(C(C)C(=O)OC)c(Cl)cc2n1-c1ccc(CCO[Si](C)(C)C(C)(C)C)cc1. The molecule has 1 unspecified atom stereocenters. The van der Waals surface area contributed by atoms with Gasteiger partial charge in [0.15, 0.2) is 8.32 Å². The van der Waals surface area contributed by atoms with Gasteiger partial charge in [0.1, 0.15) is 5.82 Å². The number of hydrogen-bond donors (Lipinski definition) is 0. The molecule has 0 saturated carbocycles. The highest BCUT2D eigenvalue weighted by Crippen LogP contribution is 2.36. The molecule has 0 aliphatic rings. The Balaban J connectivity index is 1.87. The predicted octanol–water partition coefficient (Wildman–Crippen LogP) is 7.08. The average Bonchev–Trinajstić information content (AvgIpc) is 3.14. The number of carbonyl (C=O) groups is 1. The third-order valence-electron chi connectivity index (χ3n) is 7.03. The Morgan fingerprint density at radius 3 is 2.38 bits per heavy atom. The molecule has 34 heavy (non-hydrogen) atoms. The molecule has 184 valence electrons. The summed E-state index contributed by atoms with van der Waals surface area (Å²) >= 11 is 6.60. The summed E-state index contributed by atoms with van der Waals surface area (Å²) < 4.78 is 13.4. The Morgan fingerprint density at radius 1 is 1.18 bits per heavy atom. The topological polar surface area (TPSA) is 53.3 Å². The number of nitrogens with zero attached hydrogens (tertiary/aromatic N) is 2. The van der Waals surface area contributed by atoms with E-state index in [2.05, 4.69) is 69.6 Å². The number of ether oxygens (including phenoxy) is 1. The molecule has 2 aromatic carbocycles. The molecule has 0 aliphatic carbocycles. The van der Waals surface area contributed by atoms with Gasteiger partial charge in [0.2, 0.25) is 0 Å². The van der Waals surface area contributed by atoms with Crippen molar-refractivity contribution in [3.05, 3.63) is 58.4 Å². The van der Waals surface area contributed by atoms with E-state index in [0.717, 1.165) is 47.6 Å². The van der Waals surface area contributed by atoms with Gasteiger partial charge >= 0.3 is 5.97 Å². The fraction of sp³-hybridized carbons (Fsp3) is 0.481. The molecule has 0 saturated heterocycles. The smallest absolute Gasteiger partial charge is 0.312 e. The van der Waals surface area contributed by atoms with Gasteiger partial charge in [-0.05, 0) is 66.9 Å². The Labute approximate surface area is 209 Å². The van der Waals surface area contributed by atoms with E-state index >= 15 is 0 Å². The normalized spacial score (nSPS) is 13.3. The molecular formula is C27H37ClN2O3Si. The maximum atomic E-state index is 12.0. The van der Waals surface area contributed by atoms with Gasteiger partial charge in [-0.25, -0.2) is 4.98 Å². The second-order valence-electron chi connectivity index (χ2n) is 10.3. The van der Waals surface area contributed by atoms with Crippen molar-refractivity contribution in [3.8, 4) is 5.69 Å². The van der Waals surface area contributed by atoms with Crippen molar-refractivity contribution in [2.45, 2.75) is 71.5 Å². The molecule has 7 heteroatoms. The Kier molecular flexibility index (Phi) is 7.95. The van der Waals surface area contributed by atoms with E-state index in [0.29, 0.717) is 5.02 Å². The van der Waals surface area contributed by atoms with Crippen molar-refractivity contribution in [2.24, 2.45) is 0 Å². The number of carbonyl (C=O) groups excluding carboxylic acids is 1. The van der Waals surface area contributed by atoms with Gasteiger partial charge < -0.3 is 9.16 Å². The molecule has 0 aliphatic heterocycles. The van der Waals surface area contributed by atoms with Crippen molar-refractivity contribution >= 4 is 36.9 Å². The number of hydrogen-bond acceptors (Lipinski definition) is 4. The van der Waals surface area contributed by atoms with Gasteiger partial charge in [0.25, 0.3) is 0 Å². The van der Waals surface area contributed by atoms with Crippen LogP contribution in [0.15, 0.2) is 36.4 Å². The fourth-order valence-electron chi connectivity index (χ4n) is 3.78. The standard InChI is InChI=1S/C27H37ClN2O3Si/c1-9-25-29-23-16-21(18(2)26(31)32-6)22(28)17-24(23)30(25)20-12-10-19(11-13-20)14-15-33-34(7,8)27(3,4)5/h10-13,16-18H,9,14-15H2,1-8H3. The molecular weight excluding hydrogens is 464 g/mol. The highest BCUT2D eigenvalue weighted by atomic mass is 35.5. The maximum Gasteiger partial charge on any atom is 0.312 e. The molecule has 0 spiro atoms. The quantitative estimate of drug-likeness (QED) is 0.245. The van der Waals surface area contributed by atoms with E-state index in [-0.39, 0.29) is 11.0 Å². The first kappa shape index (κ1) is 26.5. The number of rotatable bonds is 8. The van der Waals surface area contributed by atoms with Crippen molar-refractivity contribution < 1.29 is 14.0 Å². The number of methoxy groups -OCH3 is 1. The molecule has 0 fully saturated rings. The van der Waals surface area contributed by atoms with Crippen molar-refractivity contribution in [3.63, 3.8) is 0 Å². The number of fused-ring (bicyclic) bond motifs is 1. The van der Waals surface area contributed by atoms with E-state index < -0.39 is 14.2 Å². The zero-order chi connectivity index (χ0) is 25.3. The summed E-state index contributed by atoms with van der Waals surface area (Å²) in [5.41, 5.74) is 4.76. The average molecular weight is 501 g/mol. The third kappa shape index (κ3) is 5.40. The van der Waals surface area contributed by atoms with Gasteiger partial charge in [0.05, 0.1) is 24.1 Å². The summed E-state index contributed by atoms with van der Waals surface area (Å²) in [5.74, 6) is 0.178. The summed E-state index contributed by atoms with van der Waals surface area (Å²) in [7, 11) is -0.351. The predicted molar refractivity (Wildman–Crippen MR) is 143 cm³/mol. The van der Waals surface area contributed by atoms with E-state index in [1.54, 1.807) is 6.92 Å². The molecule has 5 nitrogen and oxygen atoms in total. The lowest BCUT2D eigenvalue weighted by atomic mass is 10.0. The number of imidazole rings is 1. The number of esters is 1. The molecule has 0 bridgehead atoms. The van der Waals surface area contributed by atoms with E-state index in [9.17, 15) is 4.79 Å². The van der Waals surface area contributed by atoms with Gasteiger partial charge in [-0.1, -0.05) is 51.4 Å². The lowest BCUT2D eigenvalue weighted by molar-refractivity contribution is -0.141. The summed E-state index contributed by atoms with van der Waals surface area (Å²) in [6, 6.07) is 12.4. The second kappa shape index (κ2) is 10.2. The Bertz CT molecular complexity index is 1160.